The normalized spacial score (nSPS) is 18.6. The fourth-order valence-corrected chi connectivity index (χ4v) is 3.33. The first-order valence-corrected chi connectivity index (χ1v) is 7.72. The van der Waals surface area contributed by atoms with E-state index in [0.717, 1.165) is 5.69 Å². The number of hydrogen-bond acceptors (Lipinski definition) is 5. The van der Waals surface area contributed by atoms with Crippen LogP contribution in [-0.2, 0) is 10.2 Å². The Kier molecular flexibility index (Phi) is 4.08. The number of nitrogens with zero attached hydrogens (tertiary/aromatic N) is 2. The van der Waals surface area contributed by atoms with Crippen LogP contribution in [0.2, 0.25) is 0 Å². The van der Waals surface area contributed by atoms with E-state index in [9.17, 15) is 14.7 Å². The Morgan fingerprint density at radius 2 is 1.90 bits per heavy atom. The highest BCUT2D eigenvalue weighted by atomic mass is 32.1. The summed E-state index contributed by atoms with van der Waals surface area (Å²) in [4.78, 5) is 30.1. The number of thiazole rings is 1. The van der Waals surface area contributed by atoms with Crippen LogP contribution in [0.1, 0.15) is 49.0 Å². The molecule has 1 amide bonds. The van der Waals surface area contributed by atoms with Crippen LogP contribution in [-0.4, -0.2) is 50.7 Å². The van der Waals surface area contributed by atoms with Crippen LogP contribution in [0.4, 0.5) is 0 Å². The van der Waals surface area contributed by atoms with Crippen LogP contribution in [0, 0.1) is 0 Å². The molecule has 1 saturated heterocycles. The van der Waals surface area contributed by atoms with E-state index in [1.54, 1.807) is 10.4 Å². The van der Waals surface area contributed by atoms with E-state index in [1.165, 1.54) is 11.3 Å². The minimum atomic E-state index is -1.71. The van der Waals surface area contributed by atoms with E-state index >= 15 is 0 Å². The molecule has 1 aliphatic heterocycles. The third kappa shape index (κ3) is 3.08. The first-order chi connectivity index (χ1) is 9.65. The van der Waals surface area contributed by atoms with Crippen molar-refractivity contribution in [1.82, 2.24) is 9.88 Å². The van der Waals surface area contributed by atoms with Crippen molar-refractivity contribution in [3.05, 3.63) is 16.1 Å². The molecule has 0 unspecified atom stereocenters. The second-order valence-corrected chi connectivity index (χ2v) is 7.26. The molecule has 116 valence electrons. The molecule has 0 radical (unpaired) electrons. The molecule has 2 heterocycles. The zero-order chi connectivity index (χ0) is 15.8. The Labute approximate surface area is 127 Å². The van der Waals surface area contributed by atoms with Crippen LogP contribution in [0.25, 0.3) is 0 Å². The molecule has 2 rings (SSSR count). The molecule has 0 atom stereocenters. The maximum absolute atomic E-state index is 12.6. The Balaban J connectivity index is 2.13. The Morgan fingerprint density at radius 1 is 1.33 bits per heavy atom. The van der Waals surface area contributed by atoms with Gasteiger partial charge in [-0.05, 0) is 0 Å². The average molecular weight is 312 g/mol. The molecule has 2 N–H and O–H groups in total. The topological polar surface area (TPSA) is 90.7 Å². The summed E-state index contributed by atoms with van der Waals surface area (Å²) in [5.41, 5.74) is 0.488. The van der Waals surface area contributed by atoms with Crippen molar-refractivity contribution in [2.24, 2.45) is 0 Å². The average Bonchev–Trinajstić information content (AvgIpc) is 2.87. The molecule has 0 aromatic carbocycles. The monoisotopic (exact) mass is 312 g/mol. The number of carbonyl (C=O) groups is 2. The predicted molar refractivity (Wildman–Crippen MR) is 78.5 cm³/mol. The lowest BCUT2D eigenvalue weighted by atomic mass is 9.89. The summed E-state index contributed by atoms with van der Waals surface area (Å²) in [6.07, 6.45) is 0.107. The molecule has 7 heteroatoms. The lowest BCUT2D eigenvalue weighted by Gasteiger charge is -2.35. The van der Waals surface area contributed by atoms with Gasteiger partial charge in [0.2, 0.25) is 0 Å². The summed E-state index contributed by atoms with van der Waals surface area (Å²) in [6.45, 7) is 6.47. The van der Waals surface area contributed by atoms with Gasteiger partial charge in [0, 0.05) is 31.3 Å². The van der Waals surface area contributed by atoms with Crippen LogP contribution in [0.15, 0.2) is 5.51 Å². The maximum atomic E-state index is 12.6. The van der Waals surface area contributed by atoms with Crippen molar-refractivity contribution in [3.8, 4) is 0 Å². The number of piperidine rings is 1. The highest BCUT2D eigenvalue weighted by Crippen LogP contribution is 2.30. The molecule has 6 nitrogen and oxygen atoms in total. The van der Waals surface area contributed by atoms with Gasteiger partial charge in [-0.15, -0.1) is 11.3 Å². The van der Waals surface area contributed by atoms with Crippen molar-refractivity contribution in [3.63, 3.8) is 0 Å². The van der Waals surface area contributed by atoms with E-state index in [1.807, 2.05) is 20.8 Å². The van der Waals surface area contributed by atoms with E-state index in [-0.39, 0.29) is 37.3 Å². The SMILES string of the molecule is CC(C)(C)c1ncsc1C(=O)N1CCC(O)(C(=O)O)CC1. The number of carboxylic acid groups (broad SMARTS) is 1. The second-order valence-electron chi connectivity index (χ2n) is 6.41. The highest BCUT2D eigenvalue weighted by molar-refractivity contribution is 7.11. The molecule has 1 aliphatic rings. The minimum Gasteiger partial charge on any atom is -0.479 e. The first kappa shape index (κ1) is 15.9. The van der Waals surface area contributed by atoms with Crippen LogP contribution < -0.4 is 0 Å². The summed E-state index contributed by atoms with van der Waals surface area (Å²) >= 11 is 1.30. The third-order valence-corrected chi connectivity index (χ3v) is 4.56. The van der Waals surface area contributed by atoms with Crippen molar-refractivity contribution in [1.29, 1.82) is 0 Å². The van der Waals surface area contributed by atoms with Crippen molar-refractivity contribution >= 4 is 23.2 Å². The summed E-state index contributed by atoms with van der Waals surface area (Å²) in [5, 5.41) is 18.9. The predicted octanol–water partition coefficient (Wildman–Crippen LogP) is 1.49. The van der Waals surface area contributed by atoms with Crippen molar-refractivity contribution in [2.45, 2.75) is 44.6 Å². The number of amides is 1. The Hall–Kier alpha value is -1.47. The van der Waals surface area contributed by atoms with Gasteiger partial charge in [-0.3, -0.25) is 4.79 Å². The number of likely N-dealkylation sites (tertiary alicyclic amines) is 1. The molecular formula is C14H20N2O4S. The molecule has 0 spiro atoms. The van der Waals surface area contributed by atoms with Crippen LogP contribution >= 0.6 is 11.3 Å². The number of rotatable bonds is 2. The molecule has 0 saturated carbocycles. The fourth-order valence-electron chi connectivity index (χ4n) is 2.37. The number of aliphatic carboxylic acids is 1. The van der Waals surface area contributed by atoms with Crippen molar-refractivity contribution in [2.75, 3.05) is 13.1 Å². The summed E-state index contributed by atoms with van der Waals surface area (Å²) in [5.74, 6) is -1.35. The van der Waals surface area contributed by atoms with Gasteiger partial charge in [-0.1, -0.05) is 20.8 Å². The summed E-state index contributed by atoms with van der Waals surface area (Å²) in [7, 11) is 0. The number of aliphatic hydroxyl groups is 1. The molecule has 1 aromatic rings. The van der Waals surface area contributed by atoms with E-state index in [2.05, 4.69) is 4.98 Å². The number of carbonyl (C=O) groups excluding carboxylic acids is 1. The second kappa shape index (κ2) is 5.38. The number of hydrogen-bond donors (Lipinski definition) is 2. The standard InChI is InChI=1S/C14H20N2O4S/c1-13(2,3)10-9(21-8-15-10)11(17)16-6-4-14(20,5-7-16)12(18)19/h8,20H,4-7H2,1-3H3,(H,18,19). The zero-order valence-electron chi connectivity index (χ0n) is 12.4. The van der Waals surface area contributed by atoms with Gasteiger partial charge in [-0.2, -0.15) is 0 Å². The van der Waals surface area contributed by atoms with Gasteiger partial charge >= 0.3 is 5.97 Å². The van der Waals surface area contributed by atoms with Crippen LogP contribution in [0.3, 0.4) is 0 Å². The van der Waals surface area contributed by atoms with E-state index in [0.29, 0.717) is 4.88 Å². The largest absolute Gasteiger partial charge is 0.479 e. The molecule has 0 bridgehead atoms. The fraction of sp³-hybridized carbons (Fsp3) is 0.643. The molecule has 1 aromatic heterocycles. The quantitative estimate of drug-likeness (QED) is 0.863. The minimum absolute atomic E-state index is 0.0533. The number of carboxylic acids is 1. The van der Waals surface area contributed by atoms with E-state index in [4.69, 9.17) is 5.11 Å². The van der Waals surface area contributed by atoms with Gasteiger partial charge in [0.25, 0.3) is 5.91 Å². The summed E-state index contributed by atoms with van der Waals surface area (Å²) < 4.78 is 0. The smallest absolute Gasteiger partial charge is 0.335 e. The van der Waals surface area contributed by atoms with Gasteiger partial charge in [-0.25, -0.2) is 9.78 Å². The Bertz CT molecular complexity index is 554. The van der Waals surface area contributed by atoms with Gasteiger partial charge < -0.3 is 15.1 Å². The number of aromatic nitrogens is 1. The highest BCUT2D eigenvalue weighted by Gasteiger charge is 2.41. The zero-order valence-corrected chi connectivity index (χ0v) is 13.2. The first-order valence-electron chi connectivity index (χ1n) is 6.84. The van der Waals surface area contributed by atoms with Crippen molar-refractivity contribution < 1.29 is 19.8 Å². The van der Waals surface area contributed by atoms with Gasteiger partial charge in [0.15, 0.2) is 5.60 Å². The maximum Gasteiger partial charge on any atom is 0.335 e. The molecular weight excluding hydrogens is 292 g/mol. The van der Waals surface area contributed by atoms with Crippen LogP contribution in [0.5, 0.6) is 0 Å². The lowest BCUT2D eigenvalue weighted by Crippen LogP contribution is -2.50. The van der Waals surface area contributed by atoms with Gasteiger partial charge in [0.05, 0.1) is 11.2 Å². The summed E-state index contributed by atoms with van der Waals surface area (Å²) in [6, 6.07) is 0. The molecule has 0 aliphatic carbocycles. The van der Waals surface area contributed by atoms with Gasteiger partial charge in [0.1, 0.15) is 4.88 Å². The Morgan fingerprint density at radius 3 is 2.38 bits per heavy atom. The molecule has 1 fully saturated rings. The third-order valence-electron chi connectivity index (χ3n) is 3.75. The van der Waals surface area contributed by atoms with E-state index < -0.39 is 11.6 Å². The lowest BCUT2D eigenvalue weighted by molar-refractivity contribution is -0.162. The molecule has 21 heavy (non-hydrogen) atoms.